The number of aliphatic hydroxyl groups excluding tert-OH is 1. The van der Waals surface area contributed by atoms with Crippen LogP contribution in [0.5, 0.6) is 0 Å². The Bertz CT molecular complexity index is 373. The van der Waals surface area contributed by atoms with Gasteiger partial charge in [0, 0.05) is 6.54 Å². The second-order valence-corrected chi connectivity index (χ2v) is 3.25. The number of hydrogen-bond donors (Lipinski definition) is 2. The molecule has 0 bridgehead atoms. The summed E-state index contributed by atoms with van der Waals surface area (Å²) < 4.78 is 13.3. The van der Waals surface area contributed by atoms with Gasteiger partial charge in [-0.1, -0.05) is 6.92 Å². The molecule has 1 aromatic carbocycles. The van der Waals surface area contributed by atoms with Gasteiger partial charge in [0.25, 0.3) is 0 Å². The molecular formula is C11H13FN2O. The third kappa shape index (κ3) is 3.22. The van der Waals surface area contributed by atoms with Crippen molar-refractivity contribution in [3.8, 4) is 6.07 Å². The molecule has 0 aromatic heterocycles. The molecule has 0 aliphatic rings. The molecule has 1 aromatic rings. The summed E-state index contributed by atoms with van der Waals surface area (Å²) in [5.74, 6) is -0.475. The molecule has 0 spiro atoms. The molecule has 0 heterocycles. The van der Waals surface area contributed by atoms with E-state index in [1.54, 1.807) is 0 Å². The molecule has 0 radical (unpaired) electrons. The SMILES string of the molecule is CCC(O)CNc1ccc(C#N)cc1F. The normalized spacial score (nSPS) is 11.9. The molecule has 15 heavy (non-hydrogen) atoms. The minimum atomic E-state index is -0.486. The van der Waals surface area contributed by atoms with Gasteiger partial charge in [0.2, 0.25) is 0 Å². The highest BCUT2D eigenvalue weighted by atomic mass is 19.1. The number of nitriles is 1. The van der Waals surface area contributed by atoms with Crippen molar-refractivity contribution < 1.29 is 9.50 Å². The molecule has 3 nitrogen and oxygen atoms in total. The zero-order valence-electron chi connectivity index (χ0n) is 8.50. The third-order valence-electron chi connectivity index (χ3n) is 2.10. The Morgan fingerprint density at radius 1 is 1.60 bits per heavy atom. The maximum atomic E-state index is 13.3. The van der Waals surface area contributed by atoms with Gasteiger partial charge in [0.1, 0.15) is 5.82 Å². The second-order valence-electron chi connectivity index (χ2n) is 3.25. The number of nitrogens with one attached hydrogen (secondary N) is 1. The number of halogens is 1. The first-order valence-corrected chi connectivity index (χ1v) is 4.79. The van der Waals surface area contributed by atoms with Crippen molar-refractivity contribution in [2.75, 3.05) is 11.9 Å². The Hall–Kier alpha value is -1.60. The molecule has 0 fully saturated rings. The lowest BCUT2D eigenvalue weighted by Crippen LogP contribution is -2.18. The molecule has 0 amide bonds. The number of hydrogen-bond acceptors (Lipinski definition) is 3. The quantitative estimate of drug-likeness (QED) is 0.794. The Balaban J connectivity index is 2.67. The van der Waals surface area contributed by atoms with Gasteiger partial charge >= 0.3 is 0 Å². The summed E-state index contributed by atoms with van der Waals surface area (Å²) >= 11 is 0. The Morgan fingerprint density at radius 2 is 2.33 bits per heavy atom. The first kappa shape index (κ1) is 11.5. The van der Waals surface area contributed by atoms with E-state index in [2.05, 4.69) is 5.32 Å². The largest absolute Gasteiger partial charge is 0.391 e. The van der Waals surface area contributed by atoms with Crippen LogP contribution in [0, 0.1) is 17.1 Å². The minimum Gasteiger partial charge on any atom is -0.391 e. The van der Waals surface area contributed by atoms with E-state index in [1.807, 2.05) is 13.0 Å². The van der Waals surface area contributed by atoms with Crippen LogP contribution in [0.2, 0.25) is 0 Å². The van der Waals surface area contributed by atoms with Crippen LogP contribution in [0.4, 0.5) is 10.1 Å². The topological polar surface area (TPSA) is 56.0 Å². The highest BCUT2D eigenvalue weighted by Crippen LogP contribution is 2.15. The Morgan fingerprint density at radius 3 is 2.87 bits per heavy atom. The predicted molar refractivity (Wildman–Crippen MR) is 55.9 cm³/mol. The van der Waals surface area contributed by atoms with Crippen LogP contribution in [-0.2, 0) is 0 Å². The van der Waals surface area contributed by atoms with Gasteiger partial charge in [0.05, 0.1) is 23.4 Å². The lowest BCUT2D eigenvalue weighted by molar-refractivity contribution is 0.183. The number of nitrogens with zero attached hydrogens (tertiary/aromatic N) is 1. The monoisotopic (exact) mass is 208 g/mol. The summed E-state index contributed by atoms with van der Waals surface area (Å²) in [4.78, 5) is 0. The highest BCUT2D eigenvalue weighted by molar-refractivity contribution is 5.48. The van der Waals surface area contributed by atoms with Gasteiger partial charge in [-0.25, -0.2) is 4.39 Å². The fourth-order valence-corrected chi connectivity index (χ4v) is 1.10. The van der Waals surface area contributed by atoms with E-state index in [9.17, 15) is 9.50 Å². The number of anilines is 1. The van der Waals surface area contributed by atoms with Gasteiger partial charge < -0.3 is 10.4 Å². The minimum absolute atomic E-state index is 0.286. The van der Waals surface area contributed by atoms with Crippen molar-refractivity contribution in [2.45, 2.75) is 19.4 Å². The van der Waals surface area contributed by atoms with E-state index in [4.69, 9.17) is 5.26 Å². The molecule has 0 saturated carbocycles. The maximum Gasteiger partial charge on any atom is 0.147 e. The van der Waals surface area contributed by atoms with Crippen LogP contribution in [0.15, 0.2) is 18.2 Å². The van der Waals surface area contributed by atoms with E-state index in [0.29, 0.717) is 18.7 Å². The Kier molecular flexibility index (Phi) is 4.07. The average Bonchev–Trinajstić information content (AvgIpc) is 2.26. The van der Waals surface area contributed by atoms with E-state index < -0.39 is 11.9 Å². The van der Waals surface area contributed by atoms with E-state index in [1.165, 1.54) is 18.2 Å². The van der Waals surface area contributed by atoms with Gasteiger partial charge in [-0.3, -0.25) is 0 Å². The Labute approximate surface area is 88.2 Å². The molecule has 2 N–H and O–H groups in total. The lowest BCUT2D eigenvalue weighted by atomic mass is 10.2. The molecule has 0 aliphatic carbocycles. The summed E-state index contributed by atoms with van der Waals surface area (Å²) in [7, 11) is 0. The van der Waals surface area contributed by atoms with E-state index in [-0.39, 0.29) is 5.56 Å². The molecule has 1 rings (SSSR count). The second kappa shape index (κ2) is 5.32. The van der Waals surface area contributed by atoms with Crippen molar-refractivity contribution in [3.63, 3.8) is 0 Å². The molecule has 1 atom stereocenters. The third-order valence-corrected chi connectivity index (χ3v) is 2.10. The summed E-state index contributed by atoms with van der Waals surface area (Å²) in [6.45, 7) is 2.15. The van der Waals surface area contributed by atoms with Gasteiger partial charge in [-0.15, -0.1) is 0 Å². The number of aliphatic hydroxyl groups is 1. The molecule has 0 aliphatic heterocycles. The number of benzene rings is 1. The van der Waals surface area contributed by atoms with Crippen molar-refractivity contribution in [2.24, 2.45) is 0 Å². The van der Waals surface area contributed by atoms with Crippen LogP contribution < -0.4 is 5.32 Å². The van der Waals surface area contributed by atoms with Crippen LogP contribution in [0.1, 0.15) is 18.9 Å². The van der Waals surface area contributed by atoms with Crippen LogP contribution >= 0.6 is 0 Å². The fraction of sp³-hybridized carbons (Fsp3) is 0.364. The van der Waals surface area contributed by atoms with Gasteiger partial charge in [-0.2, -0.15) is 5.26 Å². The molecule has 80 valence electrons. The molecule has 4 heteroatoms. The molecule has 1 unspecified atom stereocenters. The van der Waals surface area contributed by atoms with E-state index >= 15 is 0 Å². The van der Waals surface area contributed by atoms with Gasteiger partial charge in [0.15, 0.2) is 0 Å². The average molecular weight is 208 g/mol. The zero-order chi connectivity index (χ0) is 11.3. The summed E-state index contributed by atoms with van der Waals surface area (Å²) in [5.41, 5.74) is 0.593. The van der Waals surface area contributed by atoms with Crippen molar-refractivity contribution >= 4 is 5.69 Å². The van der Waals surface area contributed by atoms with E-state index in [0.717, 1.165) is 0 Å². The van der Waals surface area contributed by atoms with Crippen LogP contribution in [0.25, 0.3) is 0 Å². The number of rotatable bonds is 4. The van der Waals surface area contributed by atoms with Crippen molar-refractivity contribution in [1.82, 2.24) is 0 Å². The van der Waals surface area contributed by atoms with Gasteiger partial charge in [-0.05, 0) is 24.6 Å². The molecule has 0 saturated heterocycles. The highest BCUT2D eigenvalue weighted by Gasteiger charge is 2.05. The summed E-state index contributed by atoms with van der Waals surface area (Å²) in [6, 6.07) is 6.05. The summed E-state index contributed by atoms with van der Waals surface area (Å²) in [5, 5.41) is 20.6. The first-order chi connectivity index (χ1) is 7.17. The fourth-order valence-electron chi connectivity index (χ4n) is 1.10. The summed E-state index contributed by atoms with van der Waals surface area (Å²) in [6.07, 6.45) is 0.130. The zero-order valence-corrected chi connectivity index (χ0v) is 8.50. The lowest BCUT2D eigenvalue weighted by Gasteiger charge is -2.11. The predicted octanol–water partition coefficient (Wildman–Crippen LogP) is 1.88. The van der Waals surface area contributed by atoms with Crippen molar-refractivity contribution in [3.05, 3.63) is 29.6 Å². The maximum absolute atomic E-state index is 13.3. The standard InChI is InChI=1S/C11H13FN2O/c1-2-9(15)7-14-11-4-3-8(6-13)5-10(11)12/h3-5,9,14-15H,2,7H2,1H3. The van der Waals surface area contributed by atoms with Crippen LogP contribution in [-0.4, -0.2) is 17.8 Å². The first-order valence-electron chi connectivity index (χ1n) is 4.79. The van der Waals surface area contributed by atoms with Crippen LogP contribution in [0.3, 0.4) is 0 Å². The molecular weight excluding hydrogens is 195 g/mol. The smallest absolute Gasteiger partial charge is 0.147 e. The van der Waals surface area contributed by atoms with Crippen molar-refractivity contribution in [1.29, 1.82) is 5.26 Å².